The normalized spacial score (nSPS) is 10.1. The first-order valence-corrected chi connectivity index (χ1v) is 7.78. The third kappa shape index (κ3) is 4.28. The van der Waals surface area contributed by atoms with Crippen molar-refractivity contribution < 1.29 is 9.53 Å². The van der Waals surface area contributed by atoms with E-state index in [1.807, 2.05) is 48.5 Å². The number of hydrogen-bond acceptors (Lipinski definition) is 3. The first-order chi connectivity index (χ1) is 9.69. The molecule has 0 bridgehead atoms. The Bertz CT molecular complexity index is 590. The average Bonchev–Trinajstić information content (AvgIpc) is 2.46. The number of anilines is 1. The summed E-state index contributed by atoms with van der Waals surface area (Å²) in [5.74, 6) is 1.09. The number of ether oxygens (including phenoxy) is 1. The van der Waals surface area contributed by atoms with Crippen LogP contribution in [0.15, 0.2) is 57.9 Å². The van der Waals surface area contributed by atoms with Gasteiger partial charge in [-0.15, -0.1) is 11.8 Å². The number of hydrogen-bond donors (Lipinski definition) is 1. The van der Waals surface area contributed by atoms with Crippen LogP contribution in [0.3, 0.4) is 0 Å². The van der Waals surface area contributed by atoms with Gasteiger partial charge in [-0.2, -0.15) is 0 Å². The van der Waals surface area contributed by atoms with Gasteiger partial charge in [0.15, 0.2) is 0 Å². The molecular weight excluding hydrogens is 338 g/mol. The highest BCUT2D eigenvalue weighted by molar-refractivity contribution is 9.10. The Morgan fingerprint density at radius 1 is 1.25 bits per heavy atom. The number of carbonyl (C=O) groups excluding carboxylic acids is 1. The molecule has 0 radical (unpaired) electrons. The Morgan fingerprint density at radius 3 is 2.65 bits per heavy atom. The smallest absolute Gasteiger partial charge is 0.234 e. The van der Waals surface area contributed by atoms with Crippen LogP contribution < -0.4 is 10.1 Å². The number of carbonyl (C=O) groups is 1. The lowest BCUT2D eigenvalue weighted by atomic mass is 10.3. The monoisotopic (exact) mass is 351 g/mol. The SMILES string of the molecule is COc1ccc(NC(=O)CSc2ccccc2)cc1Br. The van der Waals surface area contributed by atoms with E-state index in [-0.39, 0.29) is 5.91 Å². The van der Waals surface area contributed by atoms with Gasteiger partial charge in [-0.25, -0.2) is 0 Å². The fraction of sp³-hybridized carbons (Fsp3) is 0.133. The van der Waals surface area contributed by atoms with Crippen LogP contribution in [-0.4, -0.2) is 18.8 Å². The van der Waals surface area contributed by atoms with E-state index in [4.69, 9.17) is 4.74 Å². The standard InChI is InChI=1S/C15H14BrNO2S/c1-19-14-8-7-11(9-13(14)16)17-15(18)10-20-12-5-3-2-4-6-12/h2-9H,10H2,1H3,(H,17,18). The maximum absolute atomic E-state index is 11.9. The van der Waals surface area contributed by atoms with Crippen molar-refractivity contribution in [1.82, 2.24) is 0 Å². The summed E-state index contributed by atoms with van der Waals surface area (Å²) in [4.78, 5) is 13.0. The number of halogens is 1. The second-order valence-corrected chi connectivity index (χ2v) is 5.90. The maximum atomic E-state index is 11.9. The Hall–Kier alpha value is -1.46. The summed E-state index contributed by atoms with van der Waals surface area (Å²) in [7, 11) is 1.61. The minimum absolute atomic E-state index is 0.0316. The Morgan fingerprint density at radius 2 is 2.00 bits per heavy atom. The predicted molar refractivity (Wildman–Crippen MR) is 86.5 cm³/mol. The molecule has 2 aromatic rings. The Kier molecular flexibility index (Phi) is 5.49. The van der Waals surface area contributed by atoms with Crippen molar-refractivity contribution in [3.05, 3.63) is 53.0 Å². The van der Waals surface area contributed by atoms with Gasteiger partial charge in [0.25, 0.3) is 0 Å². The zero-order chi connectivity index (χ0) is 14.4. The van der Waals surface area contributed by atoms with Crippen LogP contribution in [0.4, 0.5) is 5.69 Å². The fourth-order valence-electron chi connectivity index (χ4n) is 1.61. The van der Waals surface area contributed by atoms with E-state index in [2.05, 4.69) is 21.2 Å². The van der Waals surface area contributed by atoms with E-state index < -0.39 is 0 Å². The van der Waals surface area contributed by atoms with Crippen molar-refractivity contribution in [3.8, 4) is 5.75 Å². The van der Waals surface area contributed by atoms with Gasteiger partial charge in [-0.05, 0) is 46.3 Å². The highest BCUT2D eigenvalue weighted by Crippen LogP contribution is 2.27. The van der Waals surface area contributed by atoms with Crippen LogP contribution in [-0.2, 0) is 4.79 Å². The first kappa shape index (κ1) is 14.9. The van der Waals surface area contributed by atoms with Crippen molar-refractivity contribution in [2.75, 3.05) is 18.2 Å². The van der Waals surface area contributed by atoms with Crippen molar-refractivity contribution in [3.63, 3.8) is 0 Å². The summed E-state index contributed by atoms with van der Waals surface area (Å²) in [5.41, 5.74) is 0.747. The average molecular weight is 352 g/mol. The summed E-state index contributed by atoms with van der Waals surface area (Å²) in [6.07, 6.45) is 0. The van der Waals surface area contributed by atoms with Crippen LogP contribution in [0, 0.1) is 0 Å². The molecule has 2 rings (SSSR count). The third-order valence-corrected chi connectivity index (χ3v) is 4.18. The lowest BCUT2D eigenvalue weighted by Gasteiger charge is -2.08. The summed E-state index contributed by atoms with van der Waals surface area (Å²) < 4.78 is 5.96. The van der Waals surface area contributed by atoms with Gasteiger partial charge in [0.2, 0.25) is 5.91 Å². The molecule has 0 aromatic heterocycles. The van der Waals surface area contributed by atoms with Gasteiger partial charge < -0.3 is 10.1 Å². The van der Waals surface area contributed by atoms with Crippen LogP contribution in [0.25, 0.3) is 0 Å². The molecule has 20 heavy (non-hydrogen) atoms. The molecule has 5 heteroatoms. The minimum Gasteiger partial charge on any atom is -0.496 e. The molecular formula is C15H14BrNO2S. The van der Waals surface area contributed by atoms with Crippen molar-refractivity contribution in [2.24, 2.45) is 0 Å². The van der Waals surface area contributed by atoms with E-state index in [0.717, 1.165) is 20.8 Å². The second-order valence-electron chi connectivity index (χ2n) is 4.00. The quantitative estimate of drug-likeness (QED) is 0.820. The molecule has 2 aromatic carbocycles. The van der Waals surface area contributed by atoms with Crippen LogP contribution in [0.1, 0.15) is 0 Å². The van der Waals surface area contributed by atoms with Crippen molar-refractivity contribution >= 4 is 39.3 Å². The second kappa shape index (κ2) is 7.36. The molecule has 0 saturated heterocycles. The van der Waals surface area contributed by atoms with Gasteiger partial charge in [-0.1, -0.05) is 18.2 Å². The molecule has 1 amide bonds. The molecule has 0 fully saturated rings. The molecule has 0 aliphatic heterocycles. The van der Waals surface area contributed by atoms with Gasteiger partial charge in [0.1, 0.15) is 5.75 Å². The number of thioether (sulfide) groups is 1. The molecule has 0 saturated carbocycles. The van der Waals surface area contributed by atoms with E-state index in [1.165, 1.54) is 11.8 Å². The van der Waals surface area contributed by atoms with Crippen molar-refractivity contribution in [1.29, 1.82) is 0 Å². The number of rotatable bonds is 5. The zero-order valence-electron chi connectivity index (χ0n) is 10.9. The molecule has 104 valence electrons. The zero-order valence-corrected chi connectivity index (χ0v) is 13.3. The van der Waals surface area contributed by atoms with E-state index >= 15 is 0 Å². The number of nitrogens with one attached hydrogen (secondary N) is 1. The molecule has 0 atom stereocenters. The Labute approximate surface area is 130 Å². The molecule has 1 N–H and O–H groups in total. The molecule has 0 unspecified atom stereocenters. The minimum atomic E-state index is -0.0316. The molecule has 0 aliphatic carbocycles. The van der Waals surface area contributed by atoms with Gasteiger partial charge >= 0.3 is 0 Å². The van der Waals surface area contributed by atoms with E-state index in [9.17, 15) is 4.79 Å². The molecule has 0 spiro atoms. The van der Waals surface area contributed by atoms with Crippen LogP contribution in [0.2, 0.25) is 0 Å². The van der Waals surface area contributed by atoms with Crippen LogP contribution in [0.5, 0.6) is 5.75 Å². The summed E-state index contributed by atoms with van der Waals surface area (Å²) in [5, 5.41) is 2.86. The maximum Gasteiger partial charge on any atom is 0.234 e. The molecule has 0 aliphatic rings. The number of methoxy groups -OCH3 is 1. The number of amides is 1. The third-order valence-electron chi connectivity index (χ3n) is 2.55. The van der Waals surface area contributed by atoms with E-state index in [0.29, 0.717) is 5.75 Å². The largest absolute Gasteiger partial charge is 0.496 e. The highest BCUT2D eigenvalue weighted by atomic mass is 79.9. The fourth-order valence-corrected chi connectivity index (χ4v) is 2.87. The molecule has 0 heterocycles. The van der Waals surface area contributed by atoms with Gasteiger partial charge in [0.05, 0.1) is 17.3 Å². The number of benzene rings is 2. The van der Waals surface area contributed by atoms with E-state index in [1.54, 1.807) is 7.11 Å². The van der Waals surface area contributed by atoms with Gasteiger partial charge in [0, 0.05) is 10.6 Å². The van der Waals surface area contributed by atoms with Crippen LogP contribution >= 0.6 is 27.7 Å². The van der Waals surface area contributed by atoms with Gasteiger partial charge in [-0.3, -0.25) is 4.79 Å². The summed E-state index contributed by atoms with van der Waals surface area (Å²) in [6, 6.07) is 15.3. The topological polar surface area (TPSA) is 38.3 Å². The summed E-state index contributed by atoms with van der Waals surface area (Å²) in [6.45, 7) is 0. The highest BCUT2D eigenvalue weighted by Gasteiger charge is 2.06. The lowest BCUT2D eigenvalue weighted by Crippen LogP contribution is -2.13. The molecule has 3 nitrogen and oxygen atoms in total. The Balaban J connectivity index is 1.90. The summed E-state index contributed by atoms with van der Waals surface area (Å²) >= 11 is 4.90. The lowest BCUT2D eigenvalue weighted by molar-refractivity contribution is -0.113. The predicted octanol–water partition coefficient (Wildman–Crippen LogP) is 4.19. The first-order valence-electron chi connectivity index (χ1n) is 6.00. The van der Waals surface area contributed by atoms with Crippen molar-refractivity contribution in [2.45, 2.75) is 4.90 Å².